The standard InChI is InChI=1S/C15H17FN6O/c16-6-8-23-9-7-17-14-13-15(19-11-18-14)22(21-20-13)10-12-4-2-1-3-5-12/h1-5,11H,6-10H2,(H,17,18,19). The highest BCUT2D eigenvalue weighted by Crippen LogP contribution is 2.16. The molecule has 0 aliphatic carbocycles. The summed E-state index contributed by atoms with van der Waals surface area (Å²) in [5.74, 6) is 0.596. The van der Waals surface area contributed by atoms with E-state index in [1.807, 2.05) is 30.3 Å². The van der Waals surface area contributed by atoms with Gasteiger partial charge in [0.2, 0.25) is 0 Å². The van der Waals surface area contributed by atoms with Crippen LogP contribution in [0.2, 0.25) is 0 Å². The highest BCUT2D eigenvalue weighted by atomic mass is 19.1. The SMILES string of the molecule is FCCOCCNc1ncnc2c1nnn2Cc1ccccc1. The Morgan fingerprint density at radius 1 is 1.13 bits per heavy atom. The highest BCUT2D eigenvalue weighted by Gasteiger charge is 2.11. The normalized spacial score (nSPS) is 11.0. The van der Waals surface area contributed by atoms with Crippen molar-refractivity contribution < 1.29 is 9.13 Å². The van der Waals surface area contributed by atoms with Crippen LogP contribution in [0.15, 0.2) is 36.7 Å². The first kappa shape index (κ1) is 15.3. The molecular weight excluding hydrogens is 299 g/mol. The molecule has 3 aromatic rings. The quantitative estimate of drug-likeness (QED) is 0.637. The second-order valence-electron chi connectivity index (χ2n) is 4.86. The Morgan fingerprint density at radius 3 is 2.83 bits per heavy atom. The van der Waals surface area contributed by atoms with E-state index in [4.69, 9.17) is 4.74 Å². The van der Waals surface area contributed by atoms with Gasteiger partial charge in [0.25, 0.3) is 0 Å². The van der Waals surface area contributed by atoms with Gasteiger partial charge in [-0.15, -0.1) is 5.10 Å². The van der Waals surface area contributed by atoms with Crippen LogP contribution < -0.4 is 5.32 Å². The number of nitrogens with one attached hydrogen (secondary N) is 1. The molecule has 0 spiro atoms. The Hall–Kier alpha value is -2.61. The monoisotopic (exact) mass is 316 g/mol. The van der Waals surface area contributed by atoms with Gasteiger partial charge in [-0.1, -0.05) is 35.5 Å². The molecule has 0 aliphatic heterocycles. The van der Waals surface area contributed by atoms with Gasteiger partial charge in [-0.05, 0) is 5.56 Å². The number of nitrogens with zero attached hydrogens (tertiary/aromatic N) is 5. The molecule has 0 unspecified atom stereocenters. The van der Waals surface area contributed by atoms with E-state index < -0.39 is 6.67 Å². The second kappa shape index (κ2) is 7.59. The highest BCUT2D eigenvalue weighted by molar-refractivity contribution is 5.81. The summed E-state index contributed by atoms with van der Waals surface area (Å²) >= 11 is 0. The number of alkyl halides is 1. The van der Waals surface area contributed by atoms with Gasteiger partial charge in [-0.2, -0.15) is 0 Å². The van der Waals surface area contributed by atoms with E-state index in [9.17, 15) is 4.39 Å². The number of fused-ring (bicyclic) bond motifs is 1. The van der Waals surface area contributed by atoms with E-state index in [-0.39, 0.29) is 6.61 Å². The van der Waals surface area contributed by atoms with Crippen molar-refractivity contribution in [3.63, 3.8) is 0 Å². The maximum atomic E-state index is 11.9. The number of hydrogen-bond acceptors (Lipinski definition) is 6. The zero-order valence-electron chi connectivity index (χ0n) is 12.5. The van der Waals surface area contributed by atoms with Crippen molar-refractivity contribution in [1.29, 1.82) is 0 Å². The van der Waals surface area contributed by atoms with Crippen LogP contribution in [-0.2, 0) is 11.3 Å². The van der Waals surface area contributed by atoms with E-state index in [0.29, 0.717) is 36.7 Å². The van der Waals surface area contributed by atoms with Crippen LogP contribution in [-0.4, -0.2) is 51.4 Å². The predicted molar refractivity (Wildman–Crippen MR) is 83.9 cm³/mol. The van der Waals surface area contributed by atoms with Crippen molar-refractivity contribution in [2.45, 2.75) is 6.54 Å². The number of benzene rings is 1. The molecule has 0 bridgehead atoms. The molecule has 7 nitrogen and oxygen atoms in total. The molecule has 0 saturated heterocycles. The Labute approximate surface area is 132 Å². The molecule has 1 aromatic carbocycles. The maximum Gasteiger partial charge on any atom is 0.184 e. The first-order valence-corrected chi connectivity index (χ1v) is 7.34. The van der Waals surface area contributed by atoms with E-state index >= 15 is 0 Å². The van der Waals surface area contributed by atoms with Crippen LogP contribution in [0.1, 0.15) is 5.56 Å². The van der Waals surface area contributed by atoms with Gasteiger partial charge in [0, 0.05) is 6.54 Å². The molecule has 0 atom stereocenters. The average molecular weight is 316 g/mol. The summed E-state index contributed by atoms with van der Waals surface area (Å²) in [5.41, 5.74) is 2.39. The number of ether oxygens (including phenoxy) is 1. The number of rotatable bonds is 8. The van der Waals surface area contributed by atoms with Gasteiger partial charge in [0.15, 0.2) is 17.0 Å². The lowest BCUT2D eigenvalue weighted by atomic mass is 10.2. The Kier molecular flexibility index (Phi) is 5.05. The smallest absolute Gasteiger partial charge is 0.184 e. The Balaban J connectivity index is 1.72. The topological polar surface area (TPSA) is 77.8 Å². The minimum absolute atomic E-state index is 0.105. The van der Waals surface area contributed by atoms with Crippen LogP contribution >= 0.6 is 0 Å². The van der Waals surface area contributed by atoms with Crippen molar-refractivity contribution in [3.8, 4) is 0 Å². The molecule has 3 rings (SSSR count). The molecule has 1 N–H and O–H groups in total. The maximum absolute atomic E-state index is 11.9. The van der Waals surface area contributed by atoms with Gasteiger partial charge < -0.3 is 10.1 Å². The largest absolute Gasteiger partial charge is 0.377 e. The summed E-state index contributed by atoms with van der Waals surface area (Å²) in [5, 5.41) is 11.4. The van der Waals surface area contributed by atoms with E-state index in [2.05, 4.69) is 25.6 Å². The number of anilines is 1. The lowest BCUT2D eigenvalue weighted by Crippen LogP contribution is -2.12. The van der Waals surface area contributed by atoms with Crippen LogP contribution in [0.5, 0.6) is 0 Å². The van der Waals surface area contributed by atoms with Crippen molar-refractivity contribution in [2.24, 2.45) is 0 Å². The molecule has 23 heavy (non-hydrogen) atoms. The van der Waals surface area contributed by atoms with Gasteiger partial charge in [0.05, 0.1) is 19.8 Å². The molecule has 0 amide bonds. The van der Waals surface area contributed by atoms with Gasteiger partial charge in [0.1, 0.15) is 13.0 Å². The molecule has 0 saturated carbocycles. The zero-order valence-corrected chi connectivity index (χ0v) is 12.5. The van der Waals surface area contributed by atoms with Crippen LogP contribution in [0.3, 0.4) is 0 Å². The third kappa shape index (κ3) is 3.78. The van der Waals surface area contributed by atoms with Gasteiger partial charge in [-0.3, -0.25) is 0 Å². The molecule has 2 heterocycles. The molecule has 0 aliphatic rings. The van der Waals surface area contributed by atoms with Crippen LogP contribution in [0, 0.1) is 0 Å². The summed E-state index contributed by atoms with van der Waals surface area (Å²) < 4.78 is 18.8. The van der Waals surface area contributed by atoms with E-state index in [1.54, 1.807) is 4.68 Å². The minimum Gasteiger partial charge on any atom is -0.377 e. The minimum atomic E-state index is -0.481. The summed E-state index contributed by atoms with van der Waals surface area (Å²) in [6.07, 6.45) is 1.47. The molecule has 120 valence electrons. The fourth-order valence-electron chi connectivity index (χ4n) is 2.18. The third-order valence-electron chi connectivity index (χ3n) is 3.24. The number of aromatic nitrogens is 5. The van der Waals surface area contributed by atoms with Crippen molar-refractivity contribution in [3.05, 3.63) is 42.2 Å². The average Bonchev–Trinajstić information content (AvgIpc) is 2.99. The van der Waals surface area contributed by atoms with Crippen molar-refractivity contribution >= 4 is 17.0 Å². The summed E-state index contributed by atoms with van der Waals surface area (Å²) in [7, 11) is 0. The number of hydrogen-bond donors (Lipinski definition) is 1. The summed E-state index contributed by atoms with van der Waals surface area (Å²) in [6, 6.07) is 9.98. The fraction of sp³-hybridized carbons (Fsp3) is 0.333. The van der Waals surface area contributed by atoms with Gasteiger partial charge >= 0.3 is 0 Å². The fourth-order valence-corrected chi connectivity index (χ4v) is 2.18. The van der Waals surface area contributed by atoms with Crippen LogP contribution in [0.25, 0.3) is 11.2 Å². The molecule has 8 heteroatoms. The third-order valence-corrected chi connectivity index (χ3v) is 3.24. The lowest BCUT2D eigenvalue weighted by molar-refractivity contribution is 0.128. The van der Waals surface area contributed by atoms with Gasteiger partial charge in [-0.25, -0.2) is 19.0 Å². The summed E-state index contributed by atoms with van der Waals surface area (Å²) in [6.45, 7) is 1.12. The Bertz CT molecular complexity index is 748. The Morgan fingerprint density at radius 2 is 2.00 bits per heavy atom. The van der Waals surface area contributed by atoms with E-state index in [0.717, 1.165) is 5.56 Å². The number of halogens is 1. The van der Waals surface area contributed by atoms with E-state index in [1.165, 1.54) is 6.33 Å². The molecule has 0 fully saturated rings. The zero-order chi connectivity index (χ0) is 15.9. The molecule has 0 radical (unpaired) electrons. The molecular formula is C15H17FN6O. The van der Waals surface area contributed by atoms with Crippen LogP contribution in [0.4, 0.5) is 10.2 Å². The van der Waals surface area contributed by atoms with Crippen molar-refractivity contribution in [2.75, 3.05) is 31.7 Å². The lowest BCUT2D eigenvalue weighted by Gasteiger charge is -2.06. The van der Waals surface area contributed by atoms with Crippen molar-refractivity contribution in [1.82, 2.24) is 25.0 Å². The first-order chi connectivity index (χ1) is 11.4. The molecule has 2 aromatic heterocycles. The predicted octanol–water partition coefficient (Wildman–Crippen LogP) is 1.67. The second-order valence-corrected chi connectivity index (χ2v) is 4.86. The summed E-state index contributed by atoms with van der Waals surface area (Å²) in [4.78, 5) is 8.44. The first-order valence-electron chi connectivity index (χ1n) is 7.34.